The molecule has 0 aromatic carbocycles. The van der Waals surface area contributed by atoms with Crippen LogP contribution in [0.1, 0.15) is 52.4 Å². The summed E-state index contributed by atoms with van der Waals surface area (Å²) in [6.45, 7) is 5.11. The highest BCUT2D eigenvalue weighted by Gasteiger charge is 2.32. The molecule has 0 aromatic heterocycles. The molecule has 6 heteroatoms. The second-order valence-electron chi connectivity index (χ2n) is 4.87. The van der Waals surface area contributed by atoms with Crippen LogP contribution >= 0.6 is 0 Å². The topological polar surface area (TPSA) is 87.1 Å². The number of azide groups is 1. The van der Waals surface area contributed by atoms with Gasteiger partial charge < -0.3 is 10.1 Å². The van der Waals surface area contributed by atoms with Crippen molar-refractivity contribution in [3.8, 4) is 0 Å². The lowest BCUT2D eigenvalue weighted by atomic mass is 9.94. The Balaban J connectivity index is 4.18. The number of nitrogens with zero attached hydrogens (tertiary/aromatic N) is 3. The second kappa shape index (κ2) is 10.6. The minimum Gasteiger partial charge on any atom is -0.468 e. The molecule has 0 amide bonds. The lowest BCUT2D eigenvalue weighted by Crippen LogP contribution is -2.50. The summed E-state index contributed by atoms with van der Waals surface area (Å²) >= 11 is 0. The van der Waals surface area contributed by atoms with Gasteiger partial charge in [-0.05, 0) is 31.8 Å². The van der Waals surface area contributed by atoms with Gasteiger partial charge in [-0.25, -0.2) is 0 Å². The van der Waals surface area contributed by atoms with Crippen LogP contribution in [0.4, 0.5) is 0 Å². The predicted octanol–water partition coefficient (Wildman–Crippen LogP) is 3.18. The van der Waals surface area contributed by atoms with E-state index in [4.69, 9.17) is 10.3 Å². The largest absolute Gasteiger partial charge is 0.468 e. The smallest absolute Gasteiger partial charge is 0.325 e. The van der Waals surface area contributed by atoms with Gasteiger partial charge in [0, 0.05) is 11.5 Å². The molecule has 0 aliphatic rings. The van der Waals surface area contributed by atoms with Crippen LogP contribution in [-0.2, 0) is 9.53 Å². The van der Waals surface area contributed by atoms with Gasteiger partial charge in [-0.3, -0.25) is 4.79 Å². The van der Waals surface area contributed by atoms with Crippen LogP contribution in [0.5, 0.6) is 0 Å². The average molecular weight is 270 g/mol. The molecule has 110 valence electrons. The number of carbonyl (C=O) groups is 1. The van der Waals surface area contributed by atoms with E-state index >= 15 is 0 Å². The van der Waals surface area contributed by atoms with Crippen molar-refractivity contribution in [2.45, 2.75) is 57.9 Å². The van der Waals surface area contributed by atoms with Crippen LogP contribution in [0.2, 0.25) is 0 Å². The van der Waals surface area contributed by atoms with E-state index in [0.717, 1.165) is 19.3 Å². The molecule has 0 fully saturated rings. The Hall–Kier alpha value is -1.26. The van der Waals surface area contributed by atoms with Crippen LogP contribution in [0, 0.1) is 0 Å². The molecule has 0 aromatic rings. The predicted molar refractivity (Wildman–Crippen MR) is 75.8 cm³/mol. The number of hydrogen-bond acceptors (Lipinski definition) is 4. The molecule has 0 saturated carbocycles. The number of unbranched alkanes of at least 4 members (excludes halogenated alkanes) is 3. The third kappa shape index (κ3) is 7.70. The van der Waals surface area contributed by atoms with Crippen molar-refractivity contribution in [1.82, 2.24) is 5.32 Å². The second-order valence-corrected chi connectivity index (χ2v) is 4.87. The maximum absolute atomic E-state index is 11.9. The summed E-state index contributed by atoms with van der Waals surface area (Å²) in [5.74, 6) is -0.229. The standard InChI is InChI=1S/C13H26N4O2/c1-4-5-6-7-9-13(2,12(18)19-3)15-10-8-11-16-17-14/h15H,4-11H2,1-3H3. The zero-order valence-electron chi connectivity index (χ0n) is 12.3. The Morgan fingerprint density at radius 3 is 2.68 bits per heavy atom. The molecule has 1 N–H and O–H groups in total. The minimum absolute atomic E-state index is 0.229. The Morgan fingerprint density at radius 1 is 1.37 bits per heavy atom. The summed E-state index contributed by atoms with van der Waals surface area (Å²) in [5.41, 5.74) is 7.54. The van der Waals surface area contributed by atoms with E-state index in [9.17, 15) is 4.79 Å². The molecule has 6 nitrogen and oxygen atoms in total. The number of esters is 1. The van der Waals surface area contributed by atoms with E-state index in [1.165, 1.54) is 20.0 Å². The van der Waals surface area contributed by atoms with Gasteiger partial charge in [0.25, 0.3) is 0 Å². The molecule has 0 radical (unpaired) electrons. The summed E-state index contributed by atoms with van der Waals surface area (Å²) in [6, 6.07) is 0. The number of rotatable bonds is 11. The monoisotopic (exact) mass is 270 g/mol. The minimum atomic E-state index is -0.640. The molecule has 0 bridgehead atoms. The number of methoxy groups -OCH3 is 1. The van der Waals surface area contributed by atoms with Crippen molar-refractivity contribution in [2.24, 2.45) is 5.11 Å². The zero-order valence-corrected chi connectivity index (χ0v) is 12.3. The molecule has 0 aliphatic carbocycles. The molecule has 0 aliphatic heterocycles. The summed E-state index contributed by atoms with van der Waals surface area (Å²) < 4.78 is 4.87. The van der Waals surface area contributed by atoms with Gasteiger partial charge in [-0.1, -0.05) is 37.7 Å². The van der Waals surface area contributed by atoms with Crippen molar-refractivity contribution in [3.05, 3.63) is 10.4 Å². The highest BCUT2D eigenvalue weighted by Crippen LogP contribution is 2.17. The molecule has 0 heterocycles. The Labute approximate surface area is 115 Å². The maximum atomic E-state index is 11.9. The maximum Gasteiger partial charge on any atom is 0.325 e. The first-order valence-electron chi connectivity index (χ1n) is 6.95. The third-order valence-electron chi connectivity index (χ3n) is 3.18. The third-order valence-corrected chi connectivity index (χ3v) is 3.18. The first-order chi connectivity index (χ1) is 9.10. The first kappa shape index (κ1) is 17.7. The molecule has 0 rings (SSSR count). The van der Waals surface area contributed by atoms with Gasteiger partial charge in [-0.2, -0.15) is 0 Å². The zero-order chi connectivity index (χ0) is 14.6. The van der Waals surface area contributed by atoms with Crippen LogP contribution in [0.3, 0.4) is 0 Å². The number of carbonyl (C=O) groups excluding carboxylic acids is 1. The SMILES string of the molecule is CCCCCCC(C)(NCCCN=[N+]=[N-])C(=O)OC. The fraction of sp³-hybridized carbons (Fsp3) is 0.923. The molecule has 19 heavy (non-hydrogen) atoms. The van der Waals surface area contributed by atoms with Gasteiger partial charge in [0.2, 0.25) is 0 Å². The van der Waals surface area contributed by atoms with Crippen LogP contribution in [0.15, 0.2) is 5.11 Å². The van der Waals surface area contributed by atoms with Crippen molar-refractivity contribution >= 4 is 5.97 Å². The van der Waals surface area contributed by atoms with Crippen LogP contribution in [0.25, 0.3) is 10.4 Å². The Morgan fingerprint density at radius 2 is 2.11 bits per heavy atom. The van der Waals surface area contributed by atoms with E-state index in [1.54, 1.807) is 0 Å². The molecule has 0 saturated heterocycles. The van der Waals surface area contributed by atoms with Gasteiger partial charge in [0.1, 0.15) is 5.54 Å². The molecular weight excluding hydrogens is 244 g/mol. The number of hydrogen-bond donors (Lipinski definition) is 1. The number of ether oxygens (including phenoxy) is 1. The summed E-state index contributed by atoms with van der Waals surface area (Å²) in [4.78, 5) is 14.5. The van der Waals surface area contributed by atoms with Gasteiger partial charge in [-0.15, -0.1) is 0 Å². The van der Waals surface area contributed by atoms with E-state index in [-0.39, 0.29) is 5.97 Å². The van der Waals surface area contributed by atoms with E-state index in [0.29, 0.717) is 19.5 Å². The van der Waals surface area contributed by atoms with E-state index in [1.807, 2.05) is 6.92 Å². The molecule has 1 unspecified atom stereocenters. The van der Waals surface area contributed by atoms with Gasteiger partial charge in [0.05, 0.1) is 7.11 Å². The molecule has 0 spiro atoms. The quantitative estimate of drug-likeness (QED) is 0.206. The van der Waals surface area contributed by atoms with Crippen LogP contribution < -0.4 is 5.32 Å². The first-order valence-corrected chi connectivity index (χ1v) is 6.95. The average Bonchev–Trinajstić information content (AvgIpc) is 2.42. The van der Waals surface area contributed by atoms with Crippen LogP contribution in [-0.4, -0.2) is 31.7 Å². The van der Waals surface area contributed by atoms with E-state index in [2.05, 4.69) is 22.3 Å². The van der Waals surface area contributed by atoms with Gasteiger partial charge >= 0.3 is 5.97 Å². The summed E-state index contributed by atoms with van der Waals surface area (Å²) in [6.07, 6.45) is 5.97. The molecule has 1 atom stereocenters. The van der Waals surface area contributed by atoms with Crippen molar-refractivity contribution in [1.29, 1.82) is 0 Å². The lowest BCUT2D eigenvalue weighted by Gasteiger charge is -2.28. The normalized spacial score (nSPS) is 13.4. The molecular formula is C13H26N4O2. The fourth-order valence-corrected chi connectivity index (χ4v) is 1.95. The Kier molecular flexibility index (Phi) is 9.94. The summed E-state index contributed by atoms with van der Waals surface area (Å²) in [7, 11) is 1.41. The number of nitrogens with one attached hydrogen (secondary N) is 1. The Bertz CT molecular complexity index is 303. The summed E-state index contributed by atoms with van der Waals surface area (Å²) in [5, 5.41) is 6.69. The van der Waals surface area contributed by atoms with Crippen molar-refractivity contribution in [2.75, 3.05) is 20.2 Å². The van der Waals surface area contributed by atoms with Crippen molar-refractivity contribution < 1.29 is 9.53 Å². The van der Waals surface area contributed by atoms with Gasteiger partial charge in [0.15, 0.2) is 0 Å². The van der Waals surface area contributed by atoms with Crippen molar-refractivity contribution in [3.63, 3.8) is 0 Å². The van der Waals surface area contributed by atoms with E-state index < -0.39 is 5.54 Å². The fourth-order valence-electron chi connectivity index (χ4n) is 1.95. The highest BCUT2D eigenvalue weighted by atomic mass is 16.5. The lowest BCUT2D eigenvalue weighted by molar-refractivity contribution is -0.148. The highest BCUT2D eigenvalue weighted by molar-refractivity contribution is 5.80.